The van der Waals surface area contributed by atoms with Gasteiger partial charge in [0.15, 0.2) is 0 Å². The van der Waals surface area contributed by atoms with Crippen LogP contribution in [0.15, 0.2) is 43.1 Å². The first-order valence-corrected chi connectivity index (χ1v) is 8.64. The van der Waals surface area contributed by atoms with Gasteiger partial charge in [0.1, 0.15) is 11.9 Å². The lowest BCUT2D eigenvalue weighted by atomic mass is 9.84. The standard InChI is InChI=1S/C20H23FN2O/c1-3-13-12-23-9-7-14(13)10-18(21)20(23)16-6-8-22-19-5-4-15(24-2)11-17(16)19/h3-6,8,11,13-14,18,20H,1,7,9-10,12H2,2H3/t13-,14+,18-,20+/m0/s1. The zero-order chi connectivity index (χ0) is 16.7. The number of alkyl halides is 1. The molecule has 5 atom stereocenters. The molecule has 3 aliphatic heterocycles. The second kappa shape index (κ2) is 6.17. The Kier molecular flexibility index (Phi) is 4.01. The number of halogens is 1. The largest absolute Gasteiger partial charge is 0.497 e. The average Bonchev–Trinajstić information content (AvgIpc) is 2.86. The van der Waals surface area contributed by atoms with Crippen LogP contribution in [0.25, 0.3) is 10.9 Å². The predicted molar refractivity (Wildman–Crippen MR) is 93.9 cm³/mol. The van der Waals surface area contributed by atoms with Gasteiger partial charge in [-0.15, -0.1) is 6.58 Å². The van der Waals surface area contributed by atoms with Crippen LogP contribution in [-0.2, 0) is 0 Å². The van der Waals surface area contributed by atoms with Crippen molar-refractivity contribution >= 4 is 10.9 Å². The zero-order valence-electron chi connectivity index (χ0n) is 14.0. The smallest absolute Gasteiger partial charge is 0.120 e. The van der Waals surface area contributed by atoms with Gasteiger partial charge < -0.3 is 4.74 Å². The van der Waals surface area contributed by atoms with E-state index in [2.05, 4.69) is 16.5 Å². The van der Waals surface area contributed by atoms with E-state index in [0.717, 1.165) is 41.7 Å². The van der Waals surface area contributed by atoms with Crippen molar-refractivity contribution in [3.8, 4) is 5.75 Å². The van der Waals surface area contributed by atoms with Gasteiger partial charge in [-0.3, -0.25) is 9.88 Å². The van der Waals surface area contributed by atoms with Gasteiger partial charge in [0, 0.05) is 18.1 Å². The molecule has 1 aromatic carbocycles. The molecule has 0 spiro atoms. The number of pyridine rings is 1. The summed E-state index contributed by atoms with van der Waals surface area (Å²) in [6.45, 7) is 5.81. The van der Waals surface area contributed by atoms with Crippen LogP contribution in [0.3, 0.4) is 0 Å². The lowest BCUT2D eigenvalue weighted by Gasteiger charge is -2.36. The molecule has 3 aliphatic rings. The highest BCUT2D eigenvalue weighted by atomic mass is 19.1. The van der Waals surface area contributed by atoms with Gasteiger partial charge in [-0.25, -0.2) is 4.39 Å². The minimum Gasteiger partial charge on any atom is -0.497 e. The molecule has 3 fully saturated rings. The van der Waals surface area contributed by atoms with E-state index in [9.17, 15) is 0 Å². The zero-order valence-corrected chi connectivity index (χ0v) is 14.0. The molecular formula is C20H23FN2O. The van der Waals surface area contributed by atoms with E-state index < -0.39 is 6.17 Å². The molecule has 0 radical (unpaired) electrons. The van der Waals surface area contributed by atoms with Gasteiger partial charge in [-0.05, 0) is 61.1 Å². The first-order valence-electron chi connectivity index (χ1n) is 8.64. The van der Waals surface area contributed by atoms with Crippen LogP contribution in [0.4, 0.5) is 4.39 Å². The summed E-state index contributed by atoms with van der Waals surface area (Å²) in [6.07, 6.45) is 4.62. The molecule has 2 bridgehead atoms. The maximum atomic E-state index is 15.2. The molecular weight excluding hydrogens is 303 g/mol. The quantitative estimate of drug-likeness (QED) is 0.792. The van der Waals surface area contributed by atoms with Crippen molar-refractivity contribution in [2.45, 2.75) is 25.1 Å². The number of methoxy groups -OCH3 is 1. The van der Waals surface area contributed by atoms with E-state index in [1.54, 1.807) is 13.3 Å². The Morgan fingerprint density at radius 3 is 3.04 bits per heavy atom. The highest BCUT2D eigenvalue weighted by Gasteiger charge is 2.42. The lowest BCUT2D eigenvalue weighted by Crippen LogP contribution is -2.39. The van der Waals surface area contributed by atoms with E-state index in [0.29, 0.717) is 18.3 Å². The van der Waals surface area contributed by atoms with E-state index >= 15 is 4.39 Å². The fourth-order valence-corrected chi connectivity index (χ4v) is 4.44. The molecule has 24 heavy (non-hydrogen) atoms. The fraction of sp³-hybridized carbons (Fsp3) is 0.450. The predicted octanol–water partition coefficient (Wildman–Crippen LogP) is 4.15. The van der Waals surface area contributed by atoms with Crippen molar-refractivity contribution in [1.82, 2.24) is 9.88 Å². The van der Waals surface area contributed by atoms with Crippen LogP contribution in [0.2, 0.25) is 0 Å². The van der Waals surface area contributed by atoms with Gasteiger partial charge in [0.05, 0.1) is 18.7 Å². The molecule has 5 rings (SSSR count). The molecule has 1 aromatic heterocycles. The summed E-state index contributed by atoms with van der Waals surface area (Å²) >= 11 is 0. The summed E-state index contributed by atoms with van der Waals surface area (Å²) < 4.78 is 20.6. The number of piperidine rings is 1. The van der Waals surface area contributed by atoms with E-state index in [1.807, 2.05) is 30.3 Å². The van der Waals surface area contributed by atoms with Gasteiger partial charge >= 0.3 is 0 Å². The monoisotopic (exact) mass is 326 g/mol. The Hall–Kier alpha value is -1.94. The summed E-state index contributed by atoms with van der Waals surface area (Å²) in [5.41, 5.74) is 1.91. The van der Waals surface area contributed by atoms with Crippen molar-refractivity contribution in [3.05, 3.63) is 48.7 Å². The normalized spacial score (nSPS) is 32.5. The first kappa shape index (κ1) is 15.6. The second-order valence-corrected chi connectivity index (χ2v) is 6.92. The maximum absolute atomic E-state index is 15.2. The Bertz CT molecular complexity index is 762. The van der Waals surface area contributed by atoms with Crippen LogP contribution in [0.1, 0.15) is 24.4 Å². The number of ether oxygens (including phenoxy) is 1. The number of hydrogen-bond donors (Lipinski definition) is 0. The highest BCUT2D eigenvalue weighted by Crippen LogP contribution is 2.44. The summed E-state index contributed by atoms with van der Waals surface area (Å²) in [6, 6.07) is 7.59. The second-order valence-electron chi connectivity index (χ2n) is 6.92. The Morgan fingerprint density at radius 2 is 2.25 bits per heavy atom. The highest BCUT2D eigenvalue weighted by molar-refractivity contribution is 5.84. The van der Waals surface area contributed by atoms with Crippen molar-refractivity contribution in [3.63, 3.8) is 0 Å². The Balaban J connectivity index is 1.82. The number of hydrogen-bond acceptors (Lipinski definition) is 3. The molecule has 3 saturated heterocycles. The third kappa shape index (κ3) is 2.49. The molecule has 0 N–H and O–H groups in total. The van der Waals surface area contributed by atoms with Crippen LogP contribution in [-0.4, -0.2) is 36.3 Å². The molecule has 4 heterocycles. The number of benzene rings is 1. The molecule has 0 aliphatic carbocycles. The van der Waals surface area contributed by atoms with Gasteiger partial charge in [0.2, 0.25) is 0 Å². The topological polar surface area (TPSA) is 25.4 Å². The number of rotatable bonds is 3. The van der Waals surface area contributed by atoms with Gasteiger partial charge in [-0.1, -0.05) is 6.08 Å². The number of aromatic nitrogens is 1. The van der Waals surface area contributed by atoms with Crippen molar-refractivity contribution in [2.75, 3.05) is 20.2 Å². The van der Waals surface area contributed by atoms with Gasteiger partial charge in [-0.2, -0.15) is 0 Å². The number of nitrogens with zero attached hydrogens (tertiary/aromatic N) is 2. The van der Waals surface area contributed by atoms with Crippen molar-refractivity contribution < 1.29 is 9.13 Å². The third-order valence-corrected chi connectivity index (χ3v) is 5.71. The molecule has 2 aromatic rings. The summed E-state index contributed by atoms with van der Waals surface area (Å²) in [4.78, 5) is 6.74. The van der Waals surface area contributed by atoms with Crippen LogP contribution < -0.4 is 4.74 Å². The van der Waals surface area contributed by atoms with E-state index in [1.165, 1.54) is 0 Å². The molecule has 4 heteroatoms. The van der Waals surface area contributed by atoms with Crippen molar-refractivity contribution in [2.24, 2.45) is 11.8 Å². The first-order chi connectivity index (χ1) is 11.7. The SMILES string of the molecule is C=C[C@H]1CN2CC[C@@H]1C[C@H](F)[C@H]2c1ccnc2ccc(OC)cc12. The van der Waals surface area contributed by atoms with E-state index in [-0.39, 0.29) is 6.04 Å². The van der Waals surface area contributed by atoms with Crippen LogP contribution in [0, 0.1) is 11.8 Å². The summed E-state index contributed by atoms with van der Waals surface area (Å²) in [7, 11) is 1.65. The fourth-order valence-electron chi connectivity index (χ4n) is 4.44. The maximum Gasteiger partial charge on any atom is 0.120 e. The average molecular weight is 326 g/mol. The summed E-state index contributed by atoms with van der Waals surface area (Å²) in [5, 5.41) is 0.991. The van der Waals surface area contributed by atoms with Crippen LogP contribution >= 0.6 is 0 Å². The summed E-state index contributed by atoms with van der Waals surface area (Å²) in [5.74, 6) is 1.59. The van der Waals surface area contributed by atoms with E-state index in [4.69, 9.17) is 4.74 Å². The minimum atomic E-state index is -0.862. The molecule has 0 amide bonds. The molecule has 126 valence electrons. The molecule has 3 nitrogen and oxygen atoms in total. The van der Waals surface area contributed by atoms with Crippen LogP contribution in [0.5, 0.6) is 5.75 Å². The molecule has 0 saturated carbocycles. The lowest BCUT2D eigenvalue weighted by molar-refractivity contribution is 0.113. The van der Waals surface area contributed by atoms with Crippen molar-refractivity contribution in [1.29, 1.82) is 0 Å². The minimum absolute atomic E-state index is 0.211. The Morgan fingerprint density at radius 1 is 1.38 bits per heavy atom. The Labute approximate surface area is 142 Å². The third-order valence-electron chi connectivity index (χ3n) is 5.71. The molecule has 1 unspecified atom stereocenters. The van der Waals surface area contributed by atoms with Gasteiger partial charge in [0.25, 0.3) is 0 Å². The number of fused-ring (bicyclic) bond motifs is 5.